The van der Waals surface area contributed by atoms with Crippen molar-refractivity contribution in [2.24, 2.45) is 0 Å². The predicted octanol–water partition coefficient (Wildman–Crippen LogP) is 1.23. The molecule has 1 heteroatoms. The van der Waals surface area contributed by atoms with Crippen LogP contribution in [0.2, 0.25) is 0 Å². The molecule has 0 N–H and O–H groups in total. The van der Waals surface area contributed by atoms with E-state index in [1.54, 1.807) is 0 Å². The lowest BCUT2D eigenvalue weighted by Gasteiger charge is -1.62. The van der Waals surface area contributed by atoms with Gasteiger partial charge in [0, 0.05) is 0 Å². The molecular formula is C4H7P. The number of allylic oxidation sites excluding steroid dienone is 1. The summed E-state index contributed by atoms with van der Waals surface area (Å²) in [6.07, 6.45) is 3.46. The molecule has 1 heterocycles. The van der Waals surface area contributed by atoms with Gasteiger partial charge in [0.25, 0.3) is 0 Å². The Morgan fingerprint density at radius 1 is 2.00 bits per heavy atom. The van der Waals surface area contributed by atoms with Gasteiger partial charge in [-0.2, -0.15) is 0 Å². The molecule has 1 fully saturated rings. The van der Waals surface area contributed by atoms with Gasteiger partial charge in [0.05, 0.1) is 0 Å². The maximum Gasteiger partial charge on any atom is -0.00225 e. The molecule has 0 saturated carbocycles. The second-order valence-electron chi connectivity index (χ2n) is 1.25. The van der Waals surface area contributed by atoms with E-state index in [2.05, 4.69) is 6.58 Å². The first-order valence-electron chi connectivity index (χ1n) is 1.79. The van der Waals surface area contributed by atoms with Gasteiger partial charge in [-0.3, -0.25) is 0 Å². The fourth-order valence-corrected chi connectivity index (χ4v) is 0.704. The lowest BCUT2D eigenvalue weighted by Crippen LogP contribution is -1.62. The Labute approximate surface area is 34.1 Å². The minimum Gasteiger partial charge on any atom is -0.114 e. The number of rotatable bonds is 1. The summed E-state index contributed by atoms with van der Waals surface area (Å²) in [5.74, 6) is 0. The van der Waals surface area contributed by atoms with Crippen LogP contribution in [0.15, 0.2) is 12.7 Å². The Bertz CT molecular complexity index is 45.6. The highest BCUT2D eigenvalue weighted by molar-refractivity contribution is 7.48. The van der Waals surface area contributed by atoms with Crippen LogP contribution in [0.5, 0.6) is 0 Å². The Morgan fingerprint density at radius 3 is 2.60 bits per heavy atom. The van der Waals surface area contributed by atoms with E-state index in [4.69, 9.17) is 0 Å². The van der Waals surface area contributed by atoms with Gasteiger partial charge in [-0.15, -0.1) is 15.2 Å². The summed E-state index contributed by atoms with van der Waals surface area (Å²) in [6.45, 7) is 3.63. The lowest BCUT2D eigenvalue weighted by molar-refractivity contribution is 1.43. The van der Waals surface area contributed by atoms with E-state index in [0.29, 0.717) is 0 Å². The van der Waals surface area contributed by atoms with E-state index in [0.717, 1.165) is 5.66 Å². The predicted molar refractivity (Wildman–Crippen MR) is 27.2 cm³/mol. The van der Waals surface area contributed by atoms with Crippen LogP contribution in [-0.4, -0.2) is 11.8 Å². The van der Waals surface area contributed by atoms with Crippen molar-refractivity contribution in [1.29, 1.82) is 0 Å². The largest absolute Gasteiger partial charge is 0.114 e. The zero-order valence-corrected chi connectivity index (χ0v) is 4.07. The topological polar surface area (TPSA) is 0 Å². The Kier molecular flexibility index (Phi) is 0.740. The van der Waals surface area contributed by atoms with Crippen LogP contribution in [-0.2, 0) is 0 Å². The van der Waals surface area contributed by atoms with E-state index in [1.807, 2.05) is 6.08 Å². The molecule has 0 bridgehead atoms. The highest BCUT2D eigenvalue weighted by Gasteiger charge is 2.15. The highest BCUT2D eigenvalue weighted by atomic mass is 31.1. The van der Waals surface area contributed by atoms with Crippen molar-refractivity contribution >= 4 is 8.58 Å². The van der Waals surface area contributed by atoms with Crippen LogP contribution < -0.4 is 0 Å². The molecule has 1 saturated heterocycles. The van der Waals surface area contributed by atoms with Gasteiger partial charge in [0.15, 0.2) is 0 Å². The van der Waals surface area contributed by atoms with Crippen molar-refractivity contribution in [1.82, 2.24) is 0 Å². The third-order valence-electron chi connectivity index (χ3n) is 0.724. The monoisotopic (exact) mass is 86.0 g/mol. The zero-order chi connectivity index (χ0) is 3.70. The molecule has 0 amide bonds. The fraction of sp³-hybridized carbons (Fsp3) is 0.500. The van der Waals surface area contributed by atoms with Gasteiger partial charge in [-0.1, -0.05) is 6.08 Å². The molecule has 28 valence electrons. The molecule has 0 aromatic rings. The zero-order valence-electron chi connectivity index (χ0n) is 3.07. The van der Waals surface area contributed by atoms with Crippen molar-refractivity contribution in [3.05, 3.63) is 12.7 Å². The van der Waals surface area contributed by atoms with Crippen molar-refractivity contribution in [3.8, 4) is 0 Å². The summed E-state index contributed by atoms with van der Waals surface area (Å²) >= 11 is 0. The van der Waals surface area contributed by atoms with Gasteiger partial charge in [0.1, 0.15) is 0 Å². The molecule has 5 heavy (non-hydrogen) atoms. The first-order chi connectivity index (χ1) is 2.43. The quantitative estimate of drug-likeness (QED) is 0.332. The highest BCUT2D eigenvalue weighted by Crippen LogP contribution is 2.38. The third kappa shape index (κ3) is 0.735. The first kappa shape index (κ1) is 3.36. The maximum atomic E-state index is 3.63. The standard InChI is InChI=1S/C4H7P/c1-2-4-3-5-4/h2,4-5H,1,3H2. The SMILES string of the molecule is C=CC1CP1. The molecule has 0 aromatic carbocycles. The molecule has 0 aromatic heterocycles. The molecule has 0 nitrogen and oxygen atoms in total. The van der Waals surface area contributed by atoms with E-state index >= 15 is 0 Å². The lowest BCUT2D eigenvalue weighted by atomic mass is 10.5. The minimum atomic E-state index is 0.926. The van der Waals surface area contributed by atoms with Gasteiger partial charge >= 0.3 is 0 Å². The van der Waals surface area contributed by atoms with Crippen molar-refractivity contribution in [3.63, 3.8) is 0 Å². The maximum absolute atomic E-state index is 3.63. The summed E-state index contributed by atoms with van der Waals surface area (Å²) in [5.41, 5.74) is 0.926. The van der Waals surface area contributed by atoms with Crippen LogP contribution in [0.25, 0.3) is 0 Å². The molecule has 2 unspecified atom stereocenters. The molecule has 2 atom stereocenters. The molecule has 1 aliphatic heterocycles. The summed E-state index contributed by atoms with van der Waals surface area (Å²) in [6, 6.07) is 0. The molecular weight excluding hydrogens is 79.0 g/mol. The van der Waals surface area contributed by atoms with E-state index in [9.17, 15) is 0 Å². The van der Waals surface area contributed by atoms with E-state index < -0.39 is 0 Å². The van der Waals surface area contributed by atoms with Gasteiger partial charge in [-0.25, -0.2) is 0 Å². The van der Waals surface area contributed by atoms with E-state index in [-0.39, 0.29) is 0 Å². The van der Waals surface area contributed by atoms with Crippen LogP contribution in [0.4, 0.5) is 0 Å². The van der Waals surface area contributed by atoms with Gasteiger partial charge in [0.2, 0.25) is 0 Å². The van der Waals surface area contributed by atoms with Crippen LogP contribution >= 0.6 is 8.58 Å². The smallest absolute Gasteiger partial charge is 0.00225 e. The van der Waals surface area contributed by atoms with E-state index in [1.165, 1.54) is 14.7 Å². The second kappa shape index (κ2) is 1.10. The van der Waals surface area contributed by atoms with Crippen LogP contribution in [0.3, 0.4) is 0 Å². The van der Waals surface area contributed by atoms with Crippen molar-refractivity contribution in [2.75, 3.05) is 6.16 Å². The average Bonchev–Trinajstić information content (AvgIpc) is 2.12. The normalized spacial score (nSPS) is 38.0. The van der Waals surface area contributed by atoms with Crippen molar-refractivity contribution in [2.45, 2.75) is 5.66 Å². The van der Waals surface area contributed by atoms with Crippen LogP contribution in [0, 0.1) is 0 Å². The summed E-state index contributed by atoms with van der Waals surface area (Å²) in [7, 11) is 1.21. The van der Waals surface area contributed by atoms with Crippen molar-refractivity contribution < 1.29 is 0 Å². The molecule has 1 rings (SSSR count). The fourth-order valence-electron chi connectivity index (χ4n) is 0.235. The Hall–Kier alpha value is 0.170. The average molecular weight is 86.1 g/mol. The van der Waals surface area contributed by atoms with Crippen LogP contribution in [0.1, 0.15) is 0 Å². The van der Waals surface area contributed by atoms with Gasteiger partial charge < -0.3 is 0 Å². The molecule has 1 aliphatic rings. The third-order valence-corrected chi connectivity index (χ3v) is 1.84. The number of hydrogen-bond acceptors (Lipinski definition) is 0. The first-order valence-corrected chi connectivity index (χ1v) is 3.08. The Balaban J connectivity index is 2.21. The summed E-state index contributed by atoms with van der Waals surface area (Å²) in [5, 5.41) is 0. The minimum absolute atomic E-state index is 0.926. The summed E-state index contributed by atoms with van der Waals surface area (Å²) < 4.78 is 0. The summed E-state index contributed by atoms with van der Waals surface area (Å²) in [4.78, 5) is 0. The molecule has 0 spiro atoms. The second-order valence-corrected chi connectivity index (χ2v) is 2.81. The molecule has 0 aliphatic carbocycles. The Morgan fingerprint density at radius 2 is 2.60 bits per heavy atom. The number of hydrogen-bond donors (Lipinski definition) is 0. The van der Waals surface area contributed by atoms with Gasteiger partial charge in [-0.05, 0) is 11.8 Å². The molecule has 0 radical (unpaired) electrons.